The summed E-state index contributed by atoms with van der Waals surface area (Å²) in [5.41, 5.74) is 0. The lowest BCUT2D eigenvalue weighted by Crippen LogP contribution is -2.44. The Hall–Kier alpha value is -1.10. The molecule has 1 aromatic heterocycles. The third kappa shape index (κ3) is 1.56. The van der Waals surface area contributed by atoms with Crippen molar-refractivity contribution in [3.8, 4) is 0 Å². The van der Waals surface area contributed by atoms with Crippen LogP contribution in [0.25, 0.3) is 0 Å². The van der Waals surface area contributed by atoms with E-state index in [4.69, 9.17) is 4.98 Å². The largest absolute Gasteiger partial charge is 0.337 e. The molecule has 2 unspecified atom stereocenters. The number of anilines is 1. The molecular formula is C12H19N5. The van der Waals surface area contributed by atoms with Gasteiger partial charge in [0.05, 0.1) is 0 Å². The summed E-state index contributed by atoms with van der Waals surface area (Å²) in [7, 11) is 0. The molecule has 17 heavy (non-hydrogen) atoms. The number of piperazine rings is 1. The van der Waals surface area contributed by atoms with Crippen LogP contribution < -0.4 is 10.2 Å². The summed E-state index contributed by atoms with van der Waals surface area (Å²) in [4.78, 5) is 6.98. The molecule has 2 N–H and O–H groups in total. The summed E-state index contributed by atoms with van der Waals surface area (Å²) < 4.78 is 0. The van der Waals surface area contributed by atoms with Gasteiger partial charge in [-0.05, 0) is 24.7 Å². The summed E-state index contributed by atoms with van der Waals surface area (Å²) in [6.45, 7) is 4.13. The highest BCUT2D eigenvalue weighted by Gasteiger charge is 2.54. The molecule has 2 heterocycles. The van der Waals surface area contributed by atoms with Gasteiger partial charge in [0.2, 0.25) is 5.95 Å². The normalized spacial score (nSPS) is 36.0. The molecule has 1 saturated heterocycles. The molecule has 3 fully saturated rings. The van der Waals surface area contributed by atoms with E-state index in [0.717, 1.165) is 49.8 Å². The molecule has 0 amide bonds. The number of aromatic amines is 1. The van der Waals surface area contributed by atoms with Crippen LogP contribution in [0, 0.1) is 11.8 Å². The zero-order valence-corrected chi connectivity index (χ0v) is 10.0. The number of fused-ring (bicyclic) bond motifs is 1. The molecule has 0 spiro atoms. The lowest BCUT2D eigenvalue weighted by Gasteiger charge is -2.25. The molecule has 92 valence electrons. The average molecular weight is 233 g/mol. The van der Waals surface area contributed by atoms with E-state index in [-0.39, 0.29) is 0 Å². The number of hydrogen-bond acceptors (Lipinski definition) is 4. The second-order valence-corrected chi connectivity index (χ2v) is 5.54. The first-order valence-electron chi connectivity index (χ1n) is 6.81. The Morgan fingerprint density at radius 2 is 1.88 bits per heavy atom. The monoisotopic (exact) mass is 233 g/mol. The van der Waals surface area contributed by atoms with E-state index in [1.165, 1.54) is 19.3 Å². The SMILES string of the molecule is C1CC2C(C1)C2c1nc(N2CCNCC2)n[nH]1. The molecule has 5 heteroatoms. The van der Waals surface area contributed by atoms with Gasteiger partial charge < -0.3 is 10.2 Å². The Morgan fingerprint density at radius 1 is 1.12 bits per heavy atom. The maximum atomic E-state index is 4.71. The summed E-state index contributed by atoms with van der Waals surface area (Å²) in [6.07, 6.45) is 4.22. The number of nitrogens with one attached hydrogen (secondary N) is 2. The molecule has 2 atom stereocenters. The van der Waals surface area contributed by atoms with Crippen molar-refractivity contribution in [3.05, 3.63) is 5.82 Å². The molecule has 2 saturated carbocycles. The van der Waals surface area contributed by atoms with E-state index >= 15 is 0 Å². The quantitative estimate of drug-likeness (QED) is 0.790. The fourth-order valence-electron chi connectivity index (χ4n) is 3.65. The molecule has 0 radical (unpaired) electrons. The predicted octanol–water partition coefficient (Wildman–Crippen LogP) is 0.728. The second-order valence-electron chi connectivity index (χ2n) is 5.54. The van der Waals surface area contributed by atoms with Crippen LogP contribution in [-0.2, 0) is 0 Å². The van der Waals surface area contributed by atoms with Crippen molar-refractivity contribution in [1.82, 2.24) is 20.5 Å². The van der Waals surface area contributed by atoms with Gasteiger partial charge in [-0.3, -0.25) is 5.10 Å². The van der Waals surface area contributed by atoms with E-state index in [0.29, 0.717) is 5.92 Å². The van der Waals surface area contributed by atoms with Gasteiger partial charge in [-0.1, -0.05) is 6.42 Å². The first kappa shape index (κ1) is 9.88. The van der Waals surface area contributed by atoms with Crippen molar-refractivity contribution in [2.24, 2.45) is 11.8 Å². The third-order valence-corrected chi connectivity index (χ3v) is 4.61. The smallest absolute Gasteiger partial charge is 0.244 e. The molecule has 3 aliphatic rings. The maximum absolute atomic E-state index is 4.71. The van der Waals surface area contributed by atoms with Gasteiger partial charge in [0.1, 0.15) is 5.82 Å². The van der Waals surface area contributed by atoms with Gasteiger partial charge in [0.15, 0.2) is 0 Å². The lowest BCUT2D eigenvalue weighted by molar-refractivity contribution is 0.580. The van der Waals surface area contributed by atoms with Crippen LogP contribution in [0.4, 0.5) is 5.95 Å². The van der Waals surface area contributed by atoms with E-state index in [2.05, 4.69) is 20.4 Å². The van der Waals surface area contributed by atoms with Crippen molar-refractivity contribution in [1.29, 1.82) is 0 Å². The van der Waals surface area contributed by atoms with Crippen molar-refractivity contribution < 1.29 is 0 Å². The number of rotatable bonds is 2. The Kier molecular flexibility index (Phi) is 2.15. The Bertz CT molecular complexity index is 382. The highest BCUT2D eigenvalue weighted by atomic mass is 15.4. The summed E-state index contributed by atoms with van der Waals surface area (Å²) in [5, 5.41) is 10.9. The van der Waals surface area contributed by atoms with Crippen molar-refractivity contribution in [3.63, 3.8) is 0 Å². The average Bonchev–Trinajstić information content (AvgIpc) is 2.81. The van der Waals surface area contributed by atoms with Gasteiger partial charge in [-0.15, -0.1) is 5.10 Å². The molecule has 2 aliphatic carbocycles. The van der Waals surface area contributed by atoms with E-state index in [1.54, 1.807) is 0 Å². The first-order valence-corrected chi connectivity index (χ1v) is 6.81. The Morgan fingerprint density at radius 3 is 2.65 bits per heavy atom. The van der Waals surface area contributed by atoms with Crippen LogP contribution in [-0.4, -0.2) is 41.4 Å². The second kappa shape index (κ2) is 3.70. The van der Waals surface area contributed by atoms with E-state index in [9.17, 15) is 0 Å². The number of nitrogens with zero attached hydrogens (tertiary/aromatic N) is 3. The third-order valence-electron chi connectivity index (χ3n) is 4.61. The highest BCUT2D eigenvalue weighted by molar-refractivity contribution is 5.32. The molecule has 0 bridgehead atoms. The van der Waals surface area contributed by atoms with Gasteiger partial charge in [0.25, 0.3) is 0 Å². The topological polar surface area (TPSA) is 56.8 Å². The zero-order valence-electron chi connectivity index (χ0n) is 10.0. The number of aromatic nitrogens is 3. The molecular weight excluding hydrogens is 214 g/mol. The fraction of sp³-hybridized carbons (Fsp3) is 0.833. The highest BCUT2D eigenvalue weighted by Crippen LogP contribution is 2.62. The molecule has 1 aromatic rings. The van der Waals surface area contributed by atoms with Crippen LogP contribution in [0.3, 0.4) is 0 Å². The van der Waals surface area contributed by atoms with Crippen molar-refractivity contribution >= 4 is 5.95 Å². The number of H-pyrrole nitrogens is 1. The van der Waals surface area contributed by atoms with Crippen LogP contribution in [0.1, 0.15) is 31.0 Å². The van der Waals surface area contributed by atoms with Gasteiger partial charge >= 0.3 is 0 Å². The lowest BCUT2D eigenvalue weighted by atomic mass is 10.1. The first-order chi connectivity index (χ1) is 8.43. The van der Waals surface area contributed by atoms with Crippen LogP contribution in [0.15, 0.2) is 0 Å². The summed E-state index contributed by atoms with van der Waals surface area (Å²) in [5.74, 6) is 4.59. The van der Waals surface area contributed by atoms with Crippen molar-refractivity contribution in [2.75, 3.05) is 31.1 Å². The Balaban J connectivity index is 1.49. The van der Waals surface area contributed by atoms with Crippen LogP contribution in [0.2, 0.25) is 0 Å². The van der Waals surface area contributed by atoms with Gasteiger partial charge in [0, 0.05) is 32.1 Å². The maximum Gasteiger partial charge on any atom is 0.244 e. The number of hydrogen-bond donors (Lipinski definition) is 2. The molecule has 4 rings (SSSR count). The molecule has 1 aliphatic heterocycles. The van der Waals surface area contributed by atoms with Crippen LogP contribution in [0.5, 0.6) is 0 Å². The minimum absolute atomic E-state index is 0.702. The minimum Gasteiger partial charge on any atom is -0.337 e. The summed E-state index contributed by atoms with van der Waals surface area (Å²) >= 11 is 0. The minimum atomic E-state index is 0.702. The van der Waals surface area contributed by atoms with E-state index in [1.807, 2.05) is 0 Å². The standard InChI is InChI=1S/C12H19N5/c1-2-8-9(3-1)10(8)11-14-12(16-15-11)17-6-4-13-5-7-17/h8-10,13H,1-7H2,(H,14,15,16). The zero-order chi connectivity index (χ0) is 11.2. The molecule has 0 aromatic carbocycles. The van der Waals surface area contributed by atoms with Gasteiger partial charge in [-0.2, -0.15) is 4.98 Å². The van der Waals surface area contributed by atoms with Crippen molar-refractivity contribution in [2.45, 2.75) is 25.2 Å². The van der Waals surface area contributed by atoms with Gasteiger partial charge in [-0.25, -0.2) is 0 Å². The van der Waals surface area contributed by atoms with E-state index < -0.39 is 0 Å². The molecule has 5 nitrogen and oxygen atoms in total. The predicted molar refractivity (Wildman–Crippen MR) is 65.0 cm³/mol. The summed E-state index contributed by atoms with van der Waals surface area (Å²) in [6, 6.07) is 0. The fourth-order valence-corrected chi connectivity index (χ4v) is 3.65. The van der Waals surface area contributed by atoms with Crippen LogP contribution >= 0.6 is 0 Å². The Labute approximate surface area is 101 Å².